The van der Waals surface area contributed by atoms with Crippen molar-refractivity contribution in [3.8, 4) is 0 Å². The number of amides is 1. The van der Waals surface area contributed by atoms with Crippen molar-refractivity contribution in [2.45, 2.75) is 12.6 Å². The summed E-state index contributed by atoms with van der Waals surface area (Å²) in [5.41, 5.74) is -0.906. The lowest BCUT2D eigenvalue weighted by Gasteiger charge is -2.24. The number of rotatable bonds is 3. The fraction of sp³-hybridized carbons (Fsp3) is 0.353. The van der Waals surface area contributed by atoms with E-state index >= 15 is 0 Å². The highest BCUT2D eigenvalue weighted by Gasteiger charge is 2.34. The third kappa shape index (κ3) is 4.21. The zero-order valence-corrected chi connectivity index (χ0v) is 14.9. The van der Waals surface area contributed by atoms with E-state index in [4.69, 9.17) is 0 Å². The van der Waals surface area contributed by atoms with E-state index in [1.165, 1.54) is 11.3 Å². The number of hydrogen-bond donors (Lipinski definition) is 0. The van der Waals surface area contributed by atoms with Crippen LogP contribution in [0.5, 0.6) is 0 Å². The third-order valence-corrected chi connectivity index (χ3v) is 5.07. The molecule has 144 valence electrons. The molecule has 2 heterocycles. The average Bonchev–Trinajstić information content (AvgIpc) is 3.04. The molecule has 1 aliphatic heterocycles. The van der Waals surface area contributed by atoms with Crippen LogP contribution in [0.3, 0.4) is 0 Å². The maximum atomic E-state index is 12.9. The maximum Gasteiger partial charge on any atom is 0.416 e. The Morgan fingerprint density at radius 3 is 2.56 bits per heavy atom. The van der Waals surface area contributed by atoms with Crippen molar-refractivity contribution in [3.05, 3.63) is 56.3 Å². The lowest BCUT2D eigenvalue weighted by Crippen LogP contribution is -2.35. The van der Waals surface area contributed by atoms with Crippen LogP contribution in [-0.2, 0) is 6.18 Å². The van der Waals surface area contributed by atoms with E-state index in [0.29, 0.717) is 44.2 Å². The predicted octanol–water partition coefficient (Wildman–Crippen LogP) is 4.03. The second-order valence-electron chi connectivity index (χ2n) is 6.10. The first-order valence-corrected chi connectivity index (χ1v) is 9.13. The Bertz CT molecular complexity index is 840. The van der Waals surface area contributed by atoms with Crippen LogP contribution < -0.4 is 4.90 Å². The number of carbonyl (C=O) groups excluding carboxylic acids is 1. The summed E-state index contributed by atoms with van der Waals surface area (Å²) >= 11 is 1.42. The number of hydrogen-bond acceptors (Lipinski definition) is 5. The molecule has 0 spiro atoms. The first-order chi connectivity index (χ1) is 12.8. The molecule has 1 aliphatic rings. The van der Waals surface area contributed by atoms with Gasteiger partial charge in [0.1, 0.15) is 5.69 Å². The highest BCUT2D eigenvalue weighted by molar-refractivity contribution is 7.08. The molecule has 27 heavy (non-hydrogen) atoms. The molecule has 1 amide bonds. The average molecular weight is 399 g/mol. The zero-order chi connectivity index (χ0) is 19.6. The highest BCUT2D eigenvalue weighted by Crippen LogP contribution is 2.36. The first kappa shape index (κ1) is 19.2. The SMILES string of the molecule is O=C(c1ccsc1)N1CCCN(c2ccc(C(F)(F)F)cc2[N+](=O)[O-])CC1. The van der Waals surface area contributed by atoms with Crippen molar-refractivity contribution >= 4 is 28.6 Å². The van der Waals surface area contributed by atoms with Crippen molar-refractivity contribution in [2.24, 2.45) is 0 Å². The molecular formula is C17H16F3N3O3S. The molecule has 0 saturated carbocycles. The van der Waals surface area contributed by atoms with Gasteiger partial charge in [-0.3, -0.25) is 14.9 Å². The molecule has 0 bridgehead atoms. The summed E-state index contributed by atoms with van der Waals surface area (Å²) < 4.78 is 38.6. The molecule has 0 atom stereocenters. The molecule has 2 aromatic rings. The van der Waals surface area contributed by atoms with Crippen LogP contribution in [0, 0.1) is 10.1 Å². The minimum atomic E-state index is -4.65. The standard InChI is InChI=1S/C17H16F3N3O3S/c18-17(19,20)13-2-3-14(15(10-13)23(25)26)21-5-1-6-22(8-7-21)16(24)12-4-9-27-11-12/h2-4,9-11H,1,5-8H2. The van der Waals surface area contributed by atoms with Crippen LogP contribution in [0.1, 0.15) is 22.3 Å². The van der Waals surface area contributed by atoms with E-state index in [1.54, 1.807) is 21.2 Å². The van der Waals surface area contributed by atoms with Gasteiger partial charge >= 0.3 is 6.18 Å². The van der Waals surface area contributed by atoms with Crippen LogP contribution in [0.4, 0.5) is 24.5 Å². The van der Waals surface area contributed by atoms with Crippen LogP contribution in [-0.4, -0.2) is 41.9 Å². The number of nitrogens with zero attached hydrogens (tertiary/aromatic N) is 3. The van der Waals surface area contributed by atoms with Gasteiger partial charge in [0.15, 0.2) is 0 Å². The van der Waals surface area contributed by atoms with Gasteiger partial charge in [-0.25, -0.2) is 0 Å². The van der Waals surface area contributed by atoms with Gasteiger partial charge in [0.25, 0.3) is 11.6 Å². The Hall–Kier alpha value is -2.62. The van der Waals surface area contributed by atoms with E-state index < -0.39 is 22.4 Å². The third-order valence-electron chi connectivity index (χ3n) is 4.39. The van der Waals surface area contributed by atoms with Crippen molar-refractivity contribution in [1.82, 2.24) is 4.90 Å². The number of nitro benzene ring substituents is 1. The van der Waals surface area contributed by atoms with Gasteiger partial charge in [-0.2, -0.15) is 24.5 Å². The molecule has 0 aliphatic carbocycles. The van der Waals surface area contributed by atoms with E-state index in [9.17, 15) is 28.1 Å². The Kier molecular flexibility index (Phi) is 5.36. The van der Waals surface area contributed by atoms with Crippen molar-refractivity contribution in [3.63, 3.8) is 0 Å². The van der Waals surface area contributed by atoms with Crippen LogP contribution in [0.15, 0.2) is 35.0 Å². The lowest BCUT2D eigenvalue weighted by atomic mass is 10.1. The minimum Gasteiger partial charge on any atom is -0.364 e. The molecule has 1 aromatic heterocycles. The molecule has 0 N–H and O–H groups in total. The second kappa shape index (κ2) is 7.55. The quantitative estimate of drug-likeness (QED) is 0.577. The van der Waals surface area contributed by atoms with Gasteiger partial charge in [0, 0.05) is 37.6 Å². The normalized spacial score (nSPS) is 15.5. The summed E-state index contributed by atoms with van der Waals surface area (Å²) in [6.45, 7) is 1.55. The summed E-state index contributed by atoms with van der Waals surface area (Å²) in [6, 6.07) is 4.28. The Morgan fingerprint density at radius 1 is 1.15 bits per heavy atom. The number of carbonyl (C=O) groups is 1. The largest absolute Gasteiger partial charge is 0.416 e. The molecule has 1 saturated heterocycles. The maximum absolute atomic E-state index is 12.9. The summed E-state index contributed by atoms with van der Waals surface area (Å²) in [5.74, 6) is -0.111. The monoisotopic (exact) mass is 399 g/mol. The van der Waals surface area contributed by atoms with Gasteiger partial charge in [-0.15, -0.1) is 0 Å². The van der Waals surface area contributed by atoms with Crippen LogP contribution in [0.25, 0.3) is 0 Å². The molecule has 10 heteroatoms. The Labute approximate surface area is 157 Å². The summed E-state index contributed by atoms with van der Waals surface area (Å²) in [4.78, 5) is 26.3. The van der Waals surface area contributed by atoms with Gasteiger partial charge in [-0.05, 0) is 30.0 Å². The summed E-state index contributed by atoms with van der Waals surface area (Å²) in [6.07, 6.45) is -4.08. The molecule has 1 aromatic carbocycles. The first-order valence-electron chi connectivity index (χ1n) is 8.19. The van der Waals surface area contributed by atoms with Crippen molar-refractivity contribution in [2.75, 3.05) is 31.1 Å². The smallest absolute Gasteiger partial charge is 0.364 e. The topological polar surface area (TPSA) is 66.7 Å². The van der Waals surface area contributed by atoms with Crippen molar-refractivity contribution in [1.29, 1.82) is 0 Å². The predicted molar refractivity (Wildman–Crippen MR) is 95.2 cm³/mol. The second-order valence-corrected chi connectivity index (χ2v) is 6.88. The van der Waals surface area contributed by atoms with E-state index in [2.05, 4.69) is 0 Å². The van der Waals surface area contributed by atoms with Crippen LogP contribution >= 0.6 is 11.3 Å². The van der Waals surface area contributed by atoms with Crippen molar-refractivity contribution < 1.29 is 22.9 Å². The van der Waals surface area contributed by atoms with Crippen LogP contribution in [0.2, 0.25) is 0 Å². The number of nitro groups is 1. The fourth-order valence-electron chi connectivity index (χ4n) is 3.04. The van der Waals surface area contributed by atoms with Gasteiger partial charge < -0.3 is 9.80 Å². The van der Waals surface area contributed by atoms with Gasteiger partial charge in [0.05, 0.1) is 16.1 Å². The molecule has 6 nitrogen and oxygen atoms in total. The summed E-state index contributed by atoms with van der Waals surface area (Å²) in [5, 5.41) is 14.9. The van der Waals surface area contributed by atoms with E-state index in [-0.39, 0.29) is 11.6 Å². The number of halogens is 3. The number of benzene rings is 1. The molecule has 0 radical (unpaired) electrons. The molecule has 0 unspecified atom stereocenters. The molecular weight excluding hydrogens is 383 g/mol. The minimum absolute atomic E-state index is 0.111. The Morgan fingerprint density at radius 2 is 1.93 bits per heavy atom. The van der Waals surface area contributed by atoms with E-state index in [1.807, 2.05) is 5.38 Å². The Balaban J connectivity index is 1.81. The number of thiophene rings is 1. The fourth-order valence-corrected chi connectivity index (χ4v) is 3.67. The summed E-state index contributed by atoms with van der Waals surface area (Å²) in [7, 11) is 0. The molecule has 3 rings (SSSR count). The lowest BCUT2D eigenvalue weighted by molar-refractivity contribution is -0.384. The highest BCUT2D eigenvalue weighted by atomic mass is 32.1. The van der Waals surface area contributed by atoms with Gasteiger partial charge in [-0.1, -0.05) is 0 Å². The molecule has 1 fully saturated rings. The number of alkyl halides is 3. The van der Waals surface area contributed by atoms with Gasteiger partial charge in [0.2, 0.25) is 0 Å². The van der Waals surface area contributed by atoms with E-state index in [0.717, 1.165) is 12.1 Å². The number of anilines is 1. The zero-order valence-electron chi connectivity index (χ0n) is 14.1.